The molecule has 1 aliphatic heterocycles. The molecule has 140 valence electrons. The Balaban J connectivity index is 1.88. The summed E-state index contributed by atoms with van der Waals surface area (Å²) in [5, 5.41) is 2.66. The van der Waals surface area contributed by atoms with Gasteiger partial charge in [0.2, 0.25) is 0 Å². The fourth-order valence-electron chi connectivity index (χ4n) is 2.76. The number of allylic oxidation sites excluding steroid dienone is 1. The molecule has 2 aromatic carbocycles. The highest BCUT2D eigenvalue weighted by atomic mass is 79.9. The number of benzene rings is 2. The molecule has 0 aromatic heterocycles. The van der Waals surface area contributed by atoms with Gasteiger partial charge in [0, 0.05) is 23.2 Å². The Morgan fingerprint density at radius 2 is 1.96 bits per heavy atom. The van der Waals surface area contributed by atoms with Crippen LogP contribution < -0.4 is 10.1 Å². The average Bonchev–Trinajstić information content (AvgIpc) is 2.64. The molecule has 27 heavy (non-hydrogen) atoms. The first kappa shape index (κ1) is 19.0. The molecule has 3 rings (SSSR count). The van der Waals surface area contributed by atoms with Crippen LogP contribution in [-0.4, -0.2) is 23.8 Å². The van der Waals surface area contributed by atoms with Crippen LogP contribution in [-0.2, 0) is 4.79 Å². The van der Waals surface area contributed by atoms with Crippen LogP contribution in [0.1, 0.15) is 18.0 Å². The molecule has 0 saturated carbocycles. The van der Waals surface area contributed by atoms with E-state index in [1.165, 1.54) is 60.7 Å². The van der Waals surface area contributed by atoms with Crippen molar-refractivity contribution in [1.82, 2.24) is 4.90 Å². The summed E-state index contributed by atoms with van der Waals surface area (Å²) in [7, 11) is 1.32. The third-order valence-electron chi connectivity index (χ3n) is 4.12. The van der Waals surface area contributed by atoms with E-state index in [-0.39, 0.29) is 18.0 Å². The Labute approximate surface area is 162 Å². The van der Waals surface area contributed by atoms with Crippen molar-refractivity contribution in [3.05, 3.63) is 70.3 Å². The Morgan fingerprint density at radius 1 is 1.26 bits per heavy atom. The number of hydrogen-bond acceptors (Lipinski definition) is 3. The number of nitrogens with one attached hydrogen (secondary N) is 1. The number of carbonyl (C=O) groups excluding carboxylic acids is 2. The first-order valence-electron chi connectivity index (χ1n) is 7.98. The normalized spacial score (nSPS) is 16.4. The summed E-state index contributed by atoms with van der Waals surface area (Å²) in [6.07, 6.45) is 2.76. The molecular weight excluding hydrogens is 422 g/mol. The minimum atomic E-state index is -0.579. The lowest BCUT2D eigenvalue weighted by Gasteiger charge is -2.31. The van der Waals surface area contributed by atoms with E-state index in [1.807, 2.05) is 0 Å². The number of methoxy groups -OCH3 is 1. The maximum absolute atomic E-state index is 13.7. The van der Waals surface area contributed by atoms with Gasteiger partial charge in [-0.3, -0.25) is 9.69 Å². The molecule has 0 spiro atoms. The summed E-state index contributed by atoms with van der Waals surface area (Å²) in [4.78, 5) is 26.0. The van der Waals surface area contributed by atoms with E-state index < -0.39 is 23.7 Å². The van der Waals surface area contributed by atoms with Crippen molar-refractivity contribution in [3.63, 3.8) is 0 Å². The summed E-state index contributed by atoms with van der Waals surface area (Å²) >= 11 is 3.20. The van der Waals surface area contributed by atoms with Gasteiger partial charge in [0.25, 0.3) is 0 Å². The lowest BCUT2D eigenvalue weighted by Crippen LogP contribution is -2.37. The summed E-state index contributed by atoms with van der Waals surface area (Å²) < 4.78 is 32.2. The molecule has 0 radical (unpaired) electrons. The number of nitrogens with zero attached hydrogens (tertiary/aromatic N) is 1. The highest BCUT2D eigenvalue weighted by Crippen LogP contribution is 2.33. The van der Waals surface area contributed by atoms with Crippen LogP contribution in [0.15, 0.2) is 53.1 Å². The molecule has 5 nitrogen and oxygen atoms in total. The van der Waals surface area contributed by atoms with E-state index in [1.54, 1.807) is 0 Å². The monoisotopic (exact) mass is 436 g/mol. The van der Waals surface area contributed by atoms with Gasteiger partial charge >= 0.3 is 6.03 Å². The lowest BCUT2D eigenvalue weighted by atomic mass is 9.97. The number of urea groups is 1. The smallest absolute Gasteiger partial charge is 0.326 e. The molecule has 2 amide bonds. The van der Waals surface area contributed by atoms with E-state index in [9.17, 15) is 18.4 Å². The lowest BCUT2D eigenvalue weighted by molar-refractivity contribution is -0.116. The van der Waals surface area contributed by atoms with Gasteiger partial charge in [-0.15, -0.1) is 0 Å². The van der Waals surface area contributed by atoms with Gasteiger partial charge in [0.1, 0.15) is 5.82 Å². The minimum absolute atomic E-state index is 0.0204. The fourth-order valence-corrected chi connectivity index (χ4v) is 3.17. The second-order valence-electron chi connectivity index (χ2n) is 5.86. The van der Waals surface area contributed by atoms with Gasteiger partial charge in [-0.05, 0) is 45.8 Å². The van der Waals surface area contributed by atoms with Crippen LogP contribution in [0.3, 0.4) is 0 Å². The predicted octanol–water partition coefficient (Wildman–Crippen LogP) is 4.80. The maximum Gasteiger partial charge on any atom is 0.326 e. The van der Waals surface area contributed by atoms with Crippen molar-refractivity contribution < 1.29 is 23.1 Å². The van der Waals surface area contributed by atoms with Crippen molar-refractivity contribution in [2.45, 2.75) is 12.5 Å². The van der Waals surface area contributed by atoms with Crippen molar-refractivity contribution in [2.75, 3.05) is 12.4 Å². The van der Waals surface area contributed by atoms with Gasteiger partial charge in [0.05, 0.1) is 18.8 Å². The summed E-state index contributed by atoms with van der Waals surface area (Å²) in [6, 6.07) is 7.04. The van der Waals surface area contributed by atoms with Crippen LogP contribution in [0.25, 0.3) is 0 Å². The van der Waals surface area contributed by atoms with Crippen molar-refractivity contribution >= 4 is 33.4 Å². The zero-order valence-corrected chi connectivity index (χ0v) is 15.8. The molecule has 0 fully saturated rings. The van der Waals surface area contributed by atoms with E-state index >= 15 is 0 Å². The van der Waals surface area contributed by atoms with Gasteiger partial charge in [0.15, 0.2) is 17.3 Å². The topological polar surface area (TPSA) is 58.6 Å². The highest BCUT2D eigenvalue weighted by Gasteiger charge is 2.29. The number of carbonyl (C=O) groups is 2. The van der Waals surface area contributed by atoms with E-state index in [0.717, 1.165) is 0 Å². The Bertz CT molecular complexity index is 916. The van der Waals surface area contributed by atoms with Crippen LogP contribution in [0, 0.1) is 11.6 Å². The van der Waals surface area contributed by atoms with Crippen LogP contribution in [0.4, 0.5) is 19.3 Å². The number of amides is 2. The van der Waals surface area contributed by atoms with Crippen LogP contribution in [0.2, 0.25) is 0 Å². The number of ketones is 1. The highest BCUT2D eigenvalue weighted by molar-refractivity contribution is 9.10. The van der Waals surface area contributed by atoms with E-state index in [0.29, 0.717) is 15.7 Å². The van der Waals surface area contributed by atoms with Gasteiger partial charge in [-0.25, -0.2) is 13.6 Å². The first-order chi connectivity index (χ1) is 12.9. The summed E-state index contributed by atoms with van der Waals surface area (Å²) in [5.41, 5.74) is 0.932. The van der Waals surface area contributed by atoms with E-state index in [4.69, 9.17) is 4.74 Å². The molecule has 1 heterocycles. The van der Waals surface area contributed by atoms with Crippen LogP contribution >= 0.6 is 15.9 Å². The van der Waals surface area contributed by atoms with Crippen molar-refractivity contribution in [1.29, 1.82) is 0 Å². The molecule has 0 saturated heterocycles. The molecule has 1 N–H and O–H groups in total. The number of halogens is 3. The summed E-state index contributed by atoms with van der Waals surface area (Å²) in [6.45, 7) is 0. The quantitative estimate of drug-likeness (QED) is 0.751. The number of ether oxygens (including phenoxy) is 1. The Kier molecular flexibility index (Phi) is 5.55. The SMILES string of the molecule is COc1cc(NC(=O)N2C=CC(=O)C[C@H]2c2ccc(F)cc2)c(Br)cc1F. The molecule has 1 aliphatic rings. The zero-order chi connectivity index (χ0) is 19.6. The second-order valence-corrected chi connectivity index (χ2v) is 6.71. The predicted molar refractivity (Wildman–Crippen MR) is 99.4 cm³/mol. The van der Waals surface area contributed by atoms with Gasteiger partial charge in [-0.2, -0.15) is 0 Å². The largest absolute Gasteiger partial charge is 0.494 e. The van der Waals surface area contributed by atoms with Crippen LogP contribution in [0.5, 0.6) is 5.75 Å². The standard InChI is InChI=1S/C19H15BrF2N2O3/c1-27-18-10-16(14(20)9-15(18)22)23-19(26)24-7-6-13(25)8-17(24)11-2-4-12(21)5-3-11/h2-7,9-10,17H,8H2,1H3,(H,23,26)/t17-/m0/s1. The third-order valence-corrected chi connectivity index (χ3v) is 4.78. The fraction of sp³-hybridized carbons (Fsp3) is 0.158. The molecule has 8 heteroatoms. The van der Waals surface area contributed by atoms with Gasteiger partial charge in [-0.1, -0.05) is 12.1 Å². The second kappa shape index (κ2) is 7.87. The number of hydrogen-bond donors (Lipinski definition) is 1. The molecule has 0 unspecified atom stereocenters. The number of rotatable bonds is 3. The van der Waals surface area contributed by atoms with Gasteiger partial charge < -0.3 is 10.1 Å². The van der Waals surface area contributed by atoms with Crippen molar-refractivity contribution in [2.24, 2.45) is 0 Å². The molecule has 0 aliphatic carbocycles. The van der Waals surface area contributed by atoms with E-state index in [2.05, 4.69) is 21.2 Å². The summed E-state index contributed by atoms with van der Waals surface area (Å²) in [5.74, 6) is -1.14. The molecular formula is C19H15BrF2N2O3. The third kappa shape index (κ3) is 4.16. The first-order valence-corrected chi connectivity index (χ1v) is 8.77. The molecule has 1 atom stereocenters. The zero-order valence-electron chi connectivity index (χ0n) is 14.2. The maximum atomic E-state index is 13.7. The molecule has 2 aromatic rings. The minimum Gasteiger partial charge on any atom is -0.494 e. The Hall–Kier alpha value is -2.74. The number of anilines is 1. The Morgan fingerprint density at radius 3 is 2.63 bits per heavy atom. The average molecular weight is 437 g/mol. The molecule has 0 bridgehead atoms. The van der Waals surface area contributed by atoms with Crippen molar-refractivity contribution in [3.8, 4) is 5.75 Å².